The van der Waals surface area contributed by atoms with Crippen molar-refractivity contribution >= 4 is 0 Å². The topological polar surface area (TPSA) is 21.3 Å². The van der Waals surface area contributed by atoms with Crippen molar-refractivity contribution in [3.8, 4) is 0 Å². The lowest BCUT2D eigenvalue weighted by Gasteiger charge is -2.26. The first-order valence-corrected chi connectivity index (χ1v) is 3.62. The van der Waals surface area contributed by atoms with Gasteiger partial charge < -0.3 is 10.1 Å². The molecule has 1 rings (SSSR count). The molecule has 1 aliphatic rings. The minimum Gasteiger partial charge on any atom is -0.379 e. The van der Waals surface area contributed by atoms with Crippen molar-refractivity contribution < 1.29 is 4.74 Å². The van der Waals surface area contributed by atoms with E-state index in [0.717, 1.165) is 19.8 Å². The summed E-state index contributed by atoms with van der Waals surface area (Å²) < 4.78 is 5.28. The summed E-state index contributed by atoms with van der Waals surface area (Å²) in [6.45, 7) is 7.21. The smallest absolute Gasteiger partial charge is 0.0622 e. The summed E-state index contributed by atoms with van der Waals surface area (Å²) in [5.74, 6) is 0.699. The molecule has 1 aliphatic heterocycles. The summed E-state index contributed by atoms with van der Waals surface area (Å²) in [5, 5.41) is 3.39. The summed E-state index contributed by atoms with van der Waals surface area (Å²) in [4.78, 5) is 0. The van der Waals surface area contributed by atoms with Crippen molar-refractivity contribution in [3.05, 3.63) is 0 Å². The molecule has 1 fully saturated rings. The van der Waals surface area contributed by atoms with E-state index in [1.165, 1.54) is 0 Å². The van der Waals surface area contributed by atoms with Crippen LogP contribution < -0.4 is 5.32 Å². The minimum atomic E-state index is 0.582. The van der Waals surface area contributed by atoms with Gasteiger partial charge >= 0.3 is 0 Å². The zero-order valence-corrected chi connectivity index (χ0v) is 6.18. The van der Waals surface area contributed by atoms with Gasteiger partial charge in [0.05, 0.1) is 13.2 Å². The van der Waals surface area contributed by atoms with Crippen molar-refractivity contribution in [3.63, 3.8) is 0 Å². The van der Waals surface area contributed by atoms with Gasteiger partial charge in [-0.3, -0.25) is 0 Å². The molecule has 0 aromatic rings. The Morgan fingerprint density at radius 1 is 1.56 bits per heavy atom. The molecule has 54 valence electrons. The van der Waals surface area contributed by atoms with Crippen LogP contribution >= 0.6 is 0 Å². The van der Waals surface area contributed by atoms with E-state index in [9.17, 15) is 0 Å². The third kappa shape index (κ3) is 1.95. The number of hydrogen-bond acceptors (Lipinski definition) is 2. The van der Waals surface area contributed by atoms with E-state index in [2.05, 4.69) is 19.2 Å². The maximum Gasteiger partial charge on any atom is 0.0622 e. The quantitative estimate of drug-likeness (QED) is 0.560. The van der Waals surface area contributed by atoms with Gasteiger partial charge in [0.15, 0.2) is 0 Å². The molecule has 1 unspecified atom stereocenters. The summed E-state index contributed by atoms with van der Waals surface area (Å²) in [5.41, 5.74) is 0. The molecule has 1 atom stereocenters. The Bertz CT molecular complexity index is 77.0. The summed E-state index contributed by atoms with van der Waals surface area (Å²) in [6, 6.07) is 0.582. The number of nitrogens with one attached hydrogen (secondary N) is 1. The Kier molecular flexibility index (Phi) is 2.49. The van der Waals surface area contributed by atoms with Crippen LogP contribution in [0.5, 0.6) is 0 Å². The number of ether oxygens (including phenoxy) is 1. The molecule has 0 radical (unpaired) electrons. The first-order chi connectivity index (χ1) is 4.30. The highest BCUT2D eigenvalue weighted by Crippen LogP contribution is 2.04. The summed E-state index contributed by atoms with van der Waals surface area (Å²) >= 11 is 0. The van der Waals surface area contributed by atoms with Gasteiger partial charge in [-0.15, -0.1) is 0 Å². The first kappa shape index (κ1) is 7.03. The highest BCUT2D eigenvalue weighted by atomic mass is 16.5. The maximum atomic E-state index is 5.28. The average Bonchev–Trinajstić information content (AvgIpc) is 1.90. The van der Waals surface area contributed by atoms with Crippen LogP contribution in [-0.4, -0.2) is 25.8 Å². The molecule has 0 aromatic carbocycles. The third-order valence-electron chi connectivity index (χ3n) is 1.76. The third-order valence-corrected chi connectivity index (χ3v) is 1.76. The Balaban J connectivity index is 2.23. The normalized spacial score (nSPS) is 29.0. The molecule has 0 spiro atoms. The number of morpholine rings is 1. The van der Waals surface area contributed by atoms with E-state index in [-0.39, 0.29) is 0 Å². The van der Waals surface area contributed by atoms with Gasteiger partial charge in [-0.25, -0.2) is 0 Å². The van der Waals surface area contributed by atoms with Crippen LogP contribution in [-0.2, 0) is 4.74 Å². The Morgan fingerprint density at radius 2 is 2.33 bits per heavy atom. The van der Waals surface area contributed by atoms with E-state index >= 15 is 0 Å². The van der Waals surface area contributed by atoms with Gasteiger partial charge in [0.1, 0.15) is 0 Å². The van der Waals surface area contributed by atoms with E-state index in [0.29, 0.717) is 12.0 Å². The molecule has 0 aromatic heterocycles. The first-order valence-electron chi connectivity index (χ1n) is 3.62. The van der Waals surface area contributed by atoms with Crippen molar-refractivity contribution in [2.24, 2.45) is 5.92 Å². The summed E-state index contributed by atoms with van der Waals surface area (Å²) in [6.07, 6.45) is 0. The molecule has 2 nitrogen and oxygen atoms in total. The van der Waals surface area contributed by atoms with Gasteiger partial charge in [0.2, 0.25) is 0 Å². The zero-order chi connectivity index (χ0) is 6.69. The van der Waals surface area contributed by atoms with Gasteiger partial charge in [-0.2, -0.15) is 0 Å². The van der Waals surface area contributed by atoms with Gasteiger partial charge in [0.25, 0.3) is 0 Å². The van der Waals surface area contributed by atoms with Crippen molar-refractivity contribution in [2.45, 2.75) is 19.9 Å². The lowest BCUT2D eigenvalue weighted by Crippen LogP contribution is -2.44. The largest absolute Gasteiger partial charge is 0.379 e. The van der Waals surface area contributed by atoms with Crippen LogP contribution in [0.4, 0.5) is 0 Å². The fraction of sp³-hybridized carbons (Fsp3) is 1.00. The molecule has 9 heavy (non-hydrogen) atoms. The lowest BCUT2D eigenvalue weighted by atomic mass is 10.1. The van der Waals surface area contributed by atoms with Crippen molar-refractivity contribution in [1.82, 2.24) is 5.32 Å². The second-order valence-corrected chi connectivity index (χ2v) is 2.88. The molecule has 0 amide bonds. The van der Waals surface area contributed by atoms with Crippen LogP contribution in [0.2, 0.25) is 0 Å². The fourth-order valence-electron chi connectivity index (χ4n) is 1.01. The second-order valence-electron chi connectivity index (χ2n) is 2.88. The predicted octanol–water partition coefficient (Wildman–Crippen LogP) is 0.631. The van der Waals surface area contributed by atoms with Gasteiger partial charge in [0, 0.05) is 12.6 Å². The molecule has 0 aliphatic carbocycles. The molecule has 1 heterocycles. The molecular formula is C7H15NO. The van der Waals surface area contributed by atoms with E-state index in [1.54, 1.807) is 0 Å². The summed E-state index contributed by atoms with van der Waals surface area (Å²) in [7, 11) is 0. The average molecular weight is 129 g/mol. The fourth-order valence-corrected chi connectivity index (χ4v) is 1.01. The minimum absolute atomic E-state index is 0.582. The standard InChI is InChI=1S/C7H15NO/c1-6(2)7-5-9-4-3-8-7/h6-8H,3-5H2,1-2H3. The monoisotopic (exact) mass is 129 g/mol. The molecule has 2 heteroatoms. The molecular weight excluding hydrogens is 114 g/mol. The van der Waals surface area contributed by atoms with Crippen LogP contribution in [0.1, 0.15) is 13.8 Å². The molecule has 0 saturated carbocycles. The highest BCUT2D eigenvalue weighted by molar-refractivity contribution is 4.72. The lowest BCUT2D eigenvalue weighted by molar-refractivity contribution is 0.0623. The zero-order valence-electron chi connectivity index (χ0n) is 6.18. The van der Waals surface area contributed by atoms with Crippen LogP contribution in [0.3, 0.4) is 0 Å². The number of hydrogen-bond donors (Lipinski definition) is 1. The van der Waals surface area contributed by atoms with Crippen molar-refractivity contribution in [1.29, 1.82) is 0 Å². The predicted molar refractivity (Wildman–Crippen MR) is 37.4 cm³/mol. The molecule has 0 bridgehead atoms. The van der Waals surface area contributed by atoms with Crippen LogP contribution in [0, 0.1) is 5.92 Å². The maximum absolute atomic E-state index is 5.28. The second kappa shape index (κ2) is 3.18. The Morgan fingerprint density at radius 3 is 2.67 bits per heavy atom. The molecule has 1 N–H and O–H groups in total. The van der Waals surface area contributed by atoms with Gasteiger partial charge in [-0.05, 0) is 5.92 Å². The van der Waals surface area contributed by atoms with E-state index in [4.69, 9.17) is 4.74 Å². The highest BCUT2D eigenvalue weighted by Gasteiger charge is 2.15. The van der Waals surface area contributed by atoms with Crippen LogP contribution in [0.15, 0.2) is 0 Å². The van der Waals surface area contributed by atoms with E-state index < -0.39 is 0 Å². The number of rotatable bonds is 1. The van der Waals surface area contributed by atoms with Gasteiger partial charge in [-0.1, -0.05) is 13.8 Å². The van der Waals surface area contributed by atoms with E-state index in [1.807, 2.05) is 0 Å². The SMILES string of the molecule is CC(C)C1COCCN1. The van der Waals surface area contributed by atoms with Crippen molar-refractivity contribution in [2.75, 3.05) is 19.8 Å². The van der Waals surface area contributed by atoms with Crippen LogP contribution in [0.25, 0.3) is 0 Å². The Hall–Kier alpha value is -0.0800. The molecule has 1 saturated heterocycles. The Labute approximate surface area is 56.6 Å².